The minimum Gasteiger partial charge on any atom is -0.300 e. The summed E-state index contributed by atoms with van der Waals surface area (Å²) in [4.78, 5) is 2.59. The number of rotatable bonds is 7. The van der Waals surface area contributed by atoms with Crippen molar-refractivity contribution in [3.63, 3.8) is 0 Å². The molecule has 19 heavy (non-hydrogen) atoms. The SMILES string of the molecule is CCN(CC)C/C=C/CS(=O)(=O)c1ccc(Br)cc1. The summed E-state index contributed by atoms with van der Waals surface area (Å²) in [7, 11) is -3.21. The molecule has 0 unspecified atom stereocenters. The van der Waals surface area contributed by atoms with E-state index in [4.69, 9.17) is 0 Å². The van der Waals surface area contributed by atoms with Crippen molar-refractivity contribution < 1.29 is 8.42 Å². The normalized spacial score (nSPS) is 12.4. The van der Waals surface area contributed by atoms with Crippen molar-refractivity contribution in [2.75, 3.05) is 25.4 Å². The summed E-state index contributed by atoms with van der Waals surface area (Å²) < 4.78 is 25.0. The maximum absolute atomic E-state index is 12.0. The van der Waals surface area contributed by atoms with E-state index < -0.39 is 9.84 Å². The van der Waals surface area contributed by atoms with Crippen LogP contribution in [-0.2, 0) is 9.84 Å². The van der Waals surface area contributed by atoms with Crippen LogP contribution in [0.4, 0.5) is 0 Å². The van der Waals surface area contributed by atoms with Crippen molar-refractivity contribution in [3.8, 4) is 0 Å². The monoisotopic (exact) mass is 345 g/mol. The second kappa shape index (κ2) is 7.82. The molecule has 1 aromatic rings. The first-order chi connectivity index (χ1) is 8.99. The van der Waals surface area contributed by atoms with Gasteiger partial charge in [0.05, 0.1) is 10.6 Å². The van der Waals surface area contributed by atoms with E-state index in [-0.39, 0.29) is 5.75 Å². The summed E-state index contributed by atoms with van der Waals surface area (Å²) in [6.45, 7) is 6.93. The van der Waals surface area contributed by atoms with E-state index in [1.807, 2.05) is 6.08 Å². The number of hydrogen-bond acceptors (Lipinski definition) is 3. The van der Waals surface area contributed by atoms with Crippen molar-refractivity contribution in [2.24, 2.45) is 0 Å². The fourth-order valence-electron chi connectivity index (χ4n) is 1.64. The molecule has 0 aliphatic rings. The highest BCUT2D eigenvalue weighted by Gasteiger charge is 2.11. The standard InChI is InChI=1S/C14H20BrNO2S/c1-3-16(4-2)11-5-6-12-19(17,18)14-9-7-13(15)8-10-14/h5-10H,3-4,11-12H2,1-2H3/b6-5+. The van der Waals surface area contributed by atoms with E-state index in [1.165, 1.54) is 0 Å². The minimum atomic E-state index is -3.21. The molecule has 0 fully saturated rings. The van der Waals surface area contributed by atoms with Crippen molar-refractivity contribution in [2.45, 2.75) is 18.7 Å². The highest BCUT2D eigenvalue weighted by atomic mass is 79.9. The molecule has 0 bridgehead atoms. The Bertz CT molecular complexity index is 505. The second-order valence-electron chi connectivity index (χ2n) is 4.19. The first-order valence-electron chi connectivity index (χ1n) is 6.35. The van der Waals surface area contributed by atoms with Crippen LogP contribution in [0.15, 0.2) is 45.8 Å². The molecule has 0 saturated heterocycles. The van der Waals surface area contributed by atoms with Gasteiger partial charge in [0.2, 0.25) is 0 Å². The van der Waals surface area contributed by atoms with Crippen LogP contribution >= 0.6 is 15.9 Å². The number of nitrogens with zero attached hydrogens (tertiary/aromatic N) is 1. The van der Waals surface area contributed by atoms with Gasteiger partial charge in [-0.15, -0.1) is 0 Å². The fourth-order valence-corrected chi connectivity index (χ4v) is 3.04. The van der Waals surface area contributed by atoms with E-state index >= 15 is 0 Å². The van der Waals surface area contributed by atoms with Crippen LogP contribution in [0.2, 0.25) is 0 Å². The Morgan fingerprint density at radius 2 is 1.68 bits per heavy atom. The van der Waals surface area contributed by atoms with Gasteiger partial charge in [-0.3, -0.25) is 0 Å². The Kier molecular flexibility index (Phi) is 6.75. The van der Waals surface area contributed by atoms with E-state index in [9.17, 15) is 8.42 Å². The maximum atomic E-state index is 12.0. The molecule has 0 heterocycles. The fraction of sp³-hybridized carbons (Fsp3) is 0.429. The summed E-state index contributed by atoms with van der Waals surface area (Å²) in [6.07, 6.45) is 3.65. The zero-order valence-corrected chi connectivity index (χ0v) is 13.7. The molecule has 1 rings (SSSR count). The molecule has 0 aliphatic carbocycles. The molecule has 0 aliphatic heterocycles. The Morgan fingerprint density at radius 1 is 1.11 bits per heavy atom. The average Bonchev–Trinajstić information content (AvgIpc) is 2.39. The van der Waals surface area contributed by atoms with E-state index in [1.54, 1.807) is 30.3 Å². The topological polar surface area (TPSA) is 37.4 Å². The predicted molar refractivity (Wildman–Crippen MR) is 83.1 cm³/mol. The van der Waals surface area contributed by atoms with Crippen molar-refractivity contribution in [3.05, 3.63) is 40.9 Å². The van der Waals surface area contributed by atoms with Gasteiger partial charge in [-0.05, 0) is 37.4 Å². The summed E-state index contributed by atoms with van der Waals surface area (Å²) >= 11 is 3.29. The molecule has 3 nitrogen and oxygen atoms in total. The van der Waals surface area contributed by atoms with Gasteiger partial charge in [-0.2, -0.15) is 0 Å². The van der Waals surface area contributed by atoms with Crippen LogP contribution in [0.3, 0.4) is 0 Å². The molecule has 1 aromatic carbocycles. The van der Waals surface area contributed by atoms with Gasteiger partial charge in [-0.25, -0.2) is 8.42 Å². The molecule has 0 radical (unpaired) electrons. The predicted octanol–water partition coefficient (Wildman–Crippen LogP) is 3.12. The Labute approximate surface area is 124 Å². The third kappa shape index (κ3) is 5.47. The summed E-state index contributed by atoms with van der Waals surface area (Å²) in [5, 5.41) is 0. The van der Waals surface area contributed by atoms with Crippen LogP contribution < -0.4 is 0 Å². The van der Waals surface area contributed by atoms with Gasteiger partial charge in [0.25, 0.3) is 0 Å². The van der Waals surface area contributed by atoms with Crippen LogP contribution in [0.5, 0.6) is 0 Å². The van der Waals surface area contributed by atoms with Crippen molar-refractivity contribution in [1.29, 1.82) is 0 Å². The van der Waals surface area contributed by atoms with Gasteiger partial charge < -0.3 is 4.90 Å². The first kappa shape index (κ1) is 16.4. The molecule has 0 N–H and O–H groups in total. The lowest BCUT2D eigenvalue weighted by atomic mass is 10.4. The zero-order chi connectivity index (χ0) is 14.3. The molecule has 0 amide bonds. The smallest absolute Gasteiger partial charge is 0.181 e. The molecule has 0 spiro atoms. The molecule has 106 valence electrons. The average molecular weight is 346 g/mol. The number of sulfone groups is 1. The third-order valence-electron chi connectivity index (χ3n) is 2.91. The van der Waals surface area contributed by atoms with Gasteiger partial charge >= 0.3 is 0 Å². The Hall–Kier alpha value is -0.650. The van der Waals surface area contributed by atoms with Crippen LogP contribution in [-0.4, -0.2) is 38.7 Å². The number of likely N-dealkylation sites (N-methyl/N-ethyl adjacent to an activating group) is 1. The summed E-state index contributed by atoms with van der Waals surface area (Å²) in [6, 6.07) is 6.73. The molecule has 0 atom stereocenters. The van der Waals surface area contributed by atoms with E-state index in [2.05, 4.69) is 34.7 Å². The van der Waals surface area contributed by atoms with Gasteiger partial charge in [0.15, 0.2) is 9.84 Å². The lowest BCUT2D eigenvalue weighted by molar-refractivity contribution is 0.337. The molecule has 0 saturated carbocycles. The molecular weight excluding hydrogens is 326 g/mol. The van der Waals surface area contributed by atoms with Crippen LogP contribution in [0, 0.1) is 0 Å². The largest absolute Gasteiger partial charge is 0.300 e. The van der Waals surface area contributed by atoms with E-state index in [0.717, 1.165) is 24.1 Å². The summed E-state index contributed by atoms with van der Waals surface area (Å²) in [5.74, 6) is 0.0515. The lowest BCUT2D eigenvalue weighted by Gasteiger charge is -2.14. The van der Waals surface area contributed by atoms with Crippen LogP contribution in [0.25, 0.3) is 0 Å². The minimum absolute atomic E-state index is 0.0515. The Balaban J connectivity index is 2.61. The second-order valence-corrected chi connectivity index (χ2v) is 7.14. The zero-order valence-electron chi connectivity index (χ0n) is 11.3. The molecule has 5 heteroatoms. The first-order valence-corrected chi connectivity index (χ1v) is 8.79. The number of halogens is 1. The van der Waals surface area contributed by atoms with Gasteiger partial charge in [-0.1, -0.05) is 41.9 Å². The molecule has 0 aromatic heterocycles. The molecular formula is C14H20BrNO2S. The van der Waals surface area contributed by atoms with Gasteiger partial charge in [0.1, 0.15) is 0 Å². The highest BCUT2D eigenvalue weighted by molar-refractivity contribution is 9.10. The lowest BCUT2D eigenvalue weighted by Crippen LogP contribution is -2.22. The third-order valence-corrected chi connectivity index (χ3v) is 5.06. The quantitative estimate of drug-likeness (QED) is 0.712. The number of benzene rings is 1. The summed E-state index contributed by atoms with van der Waals surface area (Å²) in [5.41, 5.74) is 0. The van der Waals surface area contributed by atoms with Crippen molar-refractivity contribution >= 4 is 25.8 Å². The van der Waals surface area contributed by atoms with Crippen LogP contribution in [0.1, 0.15) is 13.8 Å². The number of hydrogen-bond donors (Lipinski definition) is 0. The van der Waals surface area contributed by atoms with Gasteiger partial charge in [0, 0.05) is 11.0 Å². The highest BCUT2D eigenvalue weighted by Crippen LogP contribution is 2.15. The van der Waals surface area contributed by atoms with Crippen molar-refractivity contribution in [1.82, 2.24) is 4.90 Å². The van der Waals surface area contributed by atoms with E-state index in [0.29, 0.717) is 4.90 Å². The Morgan fingerprint density at radius 3 is 2.21 bits per heavy atom. The maximum Gasteiger partial charge on any atom is 0.181 e.